The number of primary amides is 1. The average molecular weight is 622 g/mol. The lowest BCUT2D eigenvalue weighted by Gasteiger charge is -2.31. The number of nitrogens with two attached hydrogens (primary N) is 4. The summed E-state index contributed by atoms with van der Waals surface area (Å²) in [7, 11) is 0. The van der Waals surface area contributed by atoms with Crippen LogP contribution in [0.25, 0.3) is 0 Å². The number of hydrogen-bond acceptors (Lipinski definition) is 7. The molecule has 0 spiro atoms. The number of ether oxygens (including phenoxy) is 1. The van der Waals surface area contributed by atoms with E-state index in [2.05, 4.69) is 15.6 Å². The van der Waals surface area contributed by atoms with Crippen molar-refractivity contribution in [2.24, 2.45) is 33.8 Å². The molecule has 1 unspecified atom stereocenters. The minimum atomic E-state index is -1.15. The van der Waals surface area contributed by atoms with Crippen molar-refractivity contribution in [3.8, 4) is 0 Å². The highest BCUT2D eigenvalue weighted by atomic mass is 16.5. The van der Waals surface area contributed by atoms with Gasteiger partial charge in [-0.2, -0.15) is 0 Å². The Kier molecular flexibility index (Phi) is 13.3. The number of nitrogens with one attached hydrogen (secondary N) is 3. The monoisotopic (exact) mass is 621 g/mol. The van der Waals surface area contributed by atoms with Crippen LogP contribution in [0.3, 0.4) is 0 Å². The van der Waals surface area contributed by atoms with Crippen LogP contribution in [0, 0.1) is 11.3 Å². The molecule has 2 aromatic rings. The van der Waals surface area contributed by atoms with Gasteiger partial charge in [-0.25, -0.2) is 0 Å². The van der Waals surface area contributed by atoms with Gasteiger partial charge in [0.1, 0.15) is 23.8 Å². The van der Waals surface area contributed by atoms with E-state index in [0.29, 0.717) is 50.3 Å². The van der Waals surface area contributed by atoms with Gasteiger partial charge in [0.2, 0.25) is 23.6 Å². The van der Waals surface area contributed by atoms with Crippen LogP contribution < -0.4 is 33.6 Å². The lowest BCUT2D eigenvalue weighted by atomic mass is 9.94. The lowest BCUT2D eigenvalue weighted by molar-refractivity contribution is -0.146. The van der Waals surface area contributed by atoms with Gasteiger partial charge >= 0.3 is 0 Å². The van der Waals surface area contributed by atoms with Crippen LogP contribution in [0.2, 0.25) is 0 Å². The number of amidine groups is 1. The minimum absolute atomic E-state index is 0.0575. The number of carbonyl (C=O) groups excluding carboxylic acids is 4. The van der Waals surface area contributed by atoms with Gasteiger partial charge < -0.3 is 43.2 Å². The highest BCUT2D eigenvalue weighted by Crippen LogP contribution is 2.16. The number of carbonyl (C=O) groups is 4. The molecule has 1 aliphatic rings. The Bertz CT molecular complexity index is 1340. The first kappa shape index (κ1) is 34.5. The normalized spacial score (nSPS) is 14.8. The molecular weight excluding hydrogens is 578 g/mol. The highest BCUT2D eigenvalue weighted by Gasteiger charge is 2.34. The molecule has 3 rings (SSSR count). The number of nitrogen functional groups attached to an aromatic ring is 1. The number of morpholine rings is 1. The number of aliphatic imine (C=N–C) groups is 1. The summed E-state index contributed by atoms with van der Waals surface area (Å²) in [5.74, 6) is -3.69. The van der Waals surface area contributed by atoms with Gasteiger partial charge in [-0.15, -0.1) is 0 Å². The third-order valence-electron chi connectivity index (χ3n) is 7.44. The van der Waals surface area contributed by atoms with Crippen molar-refractivity contribution in [3.63, 3.8) is 0 Å². The van der Waals surface area contributed by atoms with E-state index >= 15 is 0 Å². The topological polar surface area (TPSA) is 245 Å². The SMILES string of the molecule is N=C(N)c1ccc(CC(C(=O)N[C@@H](CCc2ccccc2)C(=O)N[C@@H](CCCN=C(N)N)C(N)=O)C(=O)N2CCOCC2)cc1. The highest BCUT2D eigenvalue weighted by molar-refractivity contribution is 6.02. The molecule has 1 heterocycles. The molecule has 11 N–H and O–H groups in total. The fourth-order valence-corrected chi connectivity index (χ4v) is 4.91. The maximum atomic E-state index is 13.9. The fraction of sp³-hybridized carbons (Fsp3) is 0.419. The molecule has 242 valence electrons. The van der Waals surface area contributed by atoms with Crippen molar-refractivity contribution >= 4 is 35.4 Å². The fourth-order valence-electron chi connectivity index (χ4n) is 4.91. The molecule has 14 heteroatoms. The van der Waals surface area contributed by atoms with Gasteiger partial charge in [-0.3, -0.25) is 29.6 Å². The Morgan fingerprint density at radius 1 is 0.844 bits per heavy atom. The van der Waals surface area contributed by atoms with Crippen LogP contribution in [0.4, 0.5) is 0 Å². The molecule has 45 heavy (non-hydrogen) atoms. The maximum absolute atomic E-state index is 13.9. The van der Waals surface area contributed by atoms with Gasteiger partial charge in [0, 0.05) is 25.2 Å². The third kappa shape index (κ3) is 11.2. The second kappa shape index (κ2) is 17.3. The molecule has 1 fully saturated rings. The summed E-state index contributed by atoms with van der Waals surface area (Å²) in [5.41, 5.74) is 24.0. The Morgan fingerprint density at radius 3 is 2.09 bits per heavy atom. The number of nitrogens with zero attached hydrogens (tertiary/aromatic N) is 2. The zero-order valence-corrected chi connectivity index (χ0v) is 25.2. The van der Waals surface area contributed by atoms with Crippen molar-refractivity contribution < 1.29 is 23.9 Å². The van der Waals surface area contributed by atoms with E-state index in [9.17, 15) is 19.2 Å². The average Bonchev–Trinajstić information content (AvgIpc) is 3.03. The van der Waals surface area contributed by atoms with Crippen molar-refractivity contribution in [1.29, 1.82) is 5.41 Å². The van der Waals surface area contributed by atoms with Crippen molar-refractivity contribution in [1.82, 2.24) is 15.5 Å². The summed E-state index contributed by atoms with van der Waals surface area (Å²) in [6.07, 6.45) is 1.27. The van der Waals surface area contributed by atoms with Crippen molar-refractivity contribution in [3.05, 3.63) is 71.3 Å². The molecule has 0 aliphatic carbocycles. The minimum Gasteiger partial charge on any atom is -0.384 e. The zero-order valence-electron chi connectivity index (χ0n) is 25.2. The zero-order chi connectivity index (χ0) is 32.8. The van der Waals surface area contributed by atoms with E-state index in [0.717, 1.165) is 5.56 Å². The first-order chi connectivity index (χ1) is 21.5. The van der Waals surface area contributed by atoms with Crippen molar-refractivity contribution in [2.45, 2.75) is 44.2 Å². The summed E-state index contributed by atoms with van der Waals surface area (Å²) in [6, 6.07) is 14.1. The molecule has 4 amide bonds. The van der Waals surface area contributed by atoms with Crippen LogP contribution in [-0.2, 0) is 36.8 Å². The number of guanidine groups is 1. The van der Waals surface area contributed by atoms with E-state index in [4.69, 9.17) is 33.1 Å². The number of amides is 4. The molecule has 14 nitrogen and oxygen atoms in total. The molecule has 1 saturated heterocycles. The third-order valence-corrected chi connectivity index (χ3v) is 7.44. The van der Waals surface area contributed by atoms with Crippen LogP contribution >= 0.6 is 0 Å². The largest absolute Gasteiger partial charge is 0.384 e. The lowest BCUT2D eigenvalue weighted by Crippen LogP contribution is -2.55. The quantitative estimate of drug-likeness (QED) is 0.0536. The molecule has 3 atom stereocenters. The summed E-state index contributed by atoms with van der Waals surface area (Å²) in [4.78, 5) is 58.8. The molecule has 1 aliphatic heterocycles. The smallest absolute Gasteiger partial charge is 0.243 e. The van der Waals surface area contributed by atoms with E-state index in [1.54, 1.807) is 29.2 Å². The number of hydrogen-bond donors (Lipinski definition) is 7. The molecule has 0 radical (unpaired) electrons. The Labute approximate surface area is 262 Å². The molecule has 0 bridgehead atoms. The van der Waals surface area contributed by atoms with Crippen LogP contribution in [0.5, 0.6) is 0 Å². The van der Waals surface area contributed by atoms with Crippen LogP contribution in [-0.4, -0.2) is 85.3 Å². The summed E-state index contributed by atoms with van der Waals surface area (Å²) in [6.45, 7) is 1.63. The van der Waals surface area contributed by atoms with E-state index < -0.39 is 35.7 Å². The second-order valence-electron chi connectivity index (χ2n) is 10.8. The number of benzene rings is 2. The molecule has 0 saturated carbocycles. The first-order valence-corrected chi connectivity index (χ1v) is 14.8. The summed E-state index contributed by atoms with van der Waals surface area (Å²) < 4.78 is 5.38. The van der Waals surface area contributed by atoms with Gasteiger partial charge in [-0.05, 0) is 43.2 Å². The second-order valence-corrected chi connectivity index (χ2v) is 10.8. The van der Waals surface area contributed by atoms with E-state index in [1.165, 1.54) is 0 Å². The molecule has 0 aromatic heterocycles. The van der Waals surface area contributed by atoms with Crippen molar-refractivity contribution in [2.75, 3.05) is 32.8 Å². The van der Waals surface area contributed by atoms with Gasteiger partial charge in [0.15, 0.2) is 5.96 Å². The summed E-state index contributed by atoms with van der Waals surface area (Å²) in [5, 5.41) is 13.1. The molecule has 2 aromatic carbocycles. The maximum Gasteiger partial charge on any atom is 0.243 e. The van der Waals surface area contributed by atoms with Crippen LogP contribution in [0.1, 0.15) is 36.0 Å². The predicted octanol–water partition coefficient (Wildman–Crippen LogP) is -0.871. The standard InChI is InChI=1S/C31H43N9O5/c32-26(33)22-11-8-21(9-12-22)19-23(30(44)40-15-17-45-18-16-40)28(42)39-25(13-10-20-5-2-1-3-6-20)29(43)38-24(27(34)41)7-4-14-37-31(35)36/h1-3,5-6,8-9,11-12,23-25H,4,7,10,13-19H2,(H3,32,33)(H2,34,41)(H,38,43)(H,39,42)(H4,35,36,37)/t23?,24-,25-/m0/s1. The van der Waals surface area contributed by atoms with E-state index in [1.807, 2.05) is 30.3 Å². The Hall–Kier alpha value is -4.98. The van der Waals surface area contributed by atoms with Gasteiger partial charge in [0.05, 0.1) is 13.2 Å². The summed E-state index contributed by atoms with van der Waals surface area (Å²) >= 11 is 0. The Morgan fingerprint density at radius 2 is 1.49 bits per heavy atom. The predicted molar refractivity (Wildman–Crippen MR) is 170 cm³/mol. The van der Waals surface area contributed by atoms with Gasteiger partial charge in [-0.1, -0.05) is 54.6 Å². The number of rotatable bonds is 16. The first-order valence-electron chi connectivity index (χ1n) is 14.8. The number of aryl methyl sites for hydroxylation is 1. The Balaban J connectivity index is 1.83. The molecular formula is C31H43N9O5. The van der Waals surface area contributed by atoms with Crippen LogP contribution in [0.15, 0.2) is 59.6 Å². The van der Waals surface area contributed by atoms with Gasteiger partial charge in [0.25, 0.3) is 0 Å². The van der Waals surface area contributed by atoms with E-state index in [-0.39, 0.29) is 43.5 Å².